The monoisotopic (exact) mass is 247 g/mol. The molecule has 18 heavy (non-hydrogen) atoms. The number of nitrogens with one attached hydrogen (secondary N) is 1. The first kappa shape index (κ1) is 15.2. The molecule has 1 aromatic rings. The first-order valence-corrected chi connectivity index (χ1v) is 7.49. The summed E-state index contributed by atoms with van der Waals surface area (Å²) in [5, 5.41) is 3.62. The van der Waals surface area contributed by atoms with Crippen LogP contribution in [0.1, 0.15) is 68.7 Å². The summed E-state index contributed by atoms with van der Waals surface area (Å²) in [6.45, 7) is 9.90. The lowest BCUT2D eigenvalue weighted by atomic mass is 9.97. The van der Waals surface area contributed by atoms with Gasteiger partial charge in [0.25, 0.3) is 0 Å². The number of hydrogen-bond donors (Lipinski definition) is 1. The van der Waals surface area contributed by atoms with E-state index in [0.29, 0.717) is 6.04 Å². The lowest BCUT2D eigenvalue weighted by Gasteiger charge is -2.19. The molecular formula is C17H29N. The predicted molar refractivity (Wildman–Crippen MR) is 81.1 cm³/mol. The van der Waals surface area contributed by atoms with Crippen molar-refractivity contribution >= 4 is 0 Å². The van der Waals surface area contributed by atoms with Crippen LogP contribution in [0.25, 0.3) is 0 Å². The molecule has 1 nitrogen and oxygen atoms in total. The highest BCUT2D eigenvalue weighted by Crippen LogP contribution is 2.22. The van der Waals surface area contributed by atoms with E-state index < -0.39 is 0 Å². The highest BCUT2D eigenvalue weighted by molar-refractivity contribution is 5.31. The Morgan fingerprint density at radius 2 is 1.78 bits per heavy atom. The van der Waals surface area contributed by atoms with Crippen LogP contribution >= 0.6 is 0 Å². The summed E-state index contributed by atoms with van der Waals surface area (Å²) in [5.41, 5.74) is 4.25. The first-order valence-electron chi connectivity index (χ1n) is 7.49. The molecule has 0 heterocycles. The average Bonchev–Trinajstić information content (AvgIpc) is 2.37. The van der Waals surface area contributed by atoms with E-state index in [0.717, 1.165) is 6.54 Å². The van der Waals surface area contributed by atoms with Crippen LogP contribution in [0, 0.1) is 13.8 Å². The summed E-state index contributed by atoms with van der Waals surface area (Å²) in [6, 6.07) is 7.42. The lowest BCUT2D eigenvalue weighted by Crippen LogP contribution is -2.21. The van der Waals surface area contributed by atoms with Crippen LogP contribution in [0.5, 0.6) is 0 Å². The molecule has 0 aromatic heterocycles. The maximum absolute atomic E-state index is 3.62. The van der Waals surface area contributed by atoms with Gasteiger partial charge in [-0.05, 0) is 43.5 Å². The van der Waals surface area contributed by atoms with Gasteiger partial charge in [0.15, 0.2) is 0 Å². The molecule has 0 spiro atoms. The quantitative estimate of drug-likeness (QED) is 0.643. The van der Waals surface area contributed by atoms with Crippen molar-refractivity contribution in [2.24, 2.45) is 0 Å². The van der Waals surface area contributed by atoms with Gasteiger partial charge in [-0.15, -0.1) is 0 Å². The van der Waals surface area contributed by atoms with Gasteiger partial charge in [-0.3, -0.25) is 0 Å². The van der Waals surface area contributed by atoms with Crippen LogP contribution in [-0.2, 0) is 0 Å². The molecule has 1 unspecified atom stereocenters. The fraction of sp³-hybridized carbons (Fsp3) is 0.647. The minimum absolute atomic E-state index is 0.533. The van der Waals surface area contributed by atoms with Crippen molar-refractivity contribution in [3.05, 3.63) is 34.9 Å². The van der Waals surface area contributed by atoms with Gasteiger partial charge < -0.3 is 5.32 Å². The van der Waals surface area contributed by atoms with Crippen LogP contribution in [0.4, 0.5) is 0 Å². The van der Waals surface area contributed by atoms with Crippen molar-refractivity contribution in [1.82, 2.24) is 5.32 Å². The third kappa shape index (κ3) is 4.81. The molecule has 1 aromatic carbocycles. The number of benzene rings is 1. The van der Waals surface area contributed by atoms with E-state index in [9.17, 15) is 0 Å². The van der Waals surface area contributed by atoms with Gasteiger partial charge in [0, 0.05) is 6.04 Å². The number of unbranched alkanes of at least 4 members (excludes halogenated alkanes) is 3. The second-order valence-electron chi connectivity index (χ2n) is 5.30. The molecule has 102 valence electrons. The maximum Gasteiger partial charge on any atom is 0.0320 e. The third-order valence-corrected chi connectivity index (χ3v) is 3.73. The highest BCUT2D eigenvalue weighted by Gasteiger charge is 2.10. The van der Waals surface area contributed by atoms with E-state index in [1.807, 2.05) is 0 Å². The van der Waals surface area contributed by atoms with Crippen LogP contribution in [0.3, 0.4) is 0 Å². The summed E-state index contributed by atoms with van der Waals surface area (Å²) in [5.74, 6) is 0. The van der Waals surface area contributed by atoms with Gasteiger partial charge in [0.2, 0.25) is 0 Å². The van der Waals surface area contributed by atoms with Gasteiger partial charge in [-0.2, -0.15) is 0 Å². The zero-order chi connectivity index (χ0) is 13.4. The number of rotatable bonds is 8. The predicted octanol–water partition coefficient (Wildman–Crippen LogP) is 4.92. The Hall–Kier alpha value is -0.820. The van der Waals surface area contributed by atoms with E-state index in [2.05, 4.69) is 51.2 Å². The van der Waals surface area contributed by atoms with Gasteiger partial charge in [0.1, 0.15) is 0 Å². The van der Waals surface area contributed by atoms with Gasteiger partial charge in [-0.1, -0.05) is 57.7 Å². The molecule has 0 aliphatic heterocycles. The van der Waals surface area contributed by atoms with Crippen LogP contribution < -0.4 is 5.32 Å². The minimum Gasteiger partial charge on any atom is -0.310 e. The Bertz CT molecular complexity index is 343. The molecule has 0 saturated heterocycles. The molecule has 1 heteroatoms. The topological polar surface area (TPSA) is 12.0 Å². The SMILES string of the molecule is CCCCCCC(NCC)c1ccc(C)c(C)c1. The first-order chi connectivity index (χ1) is 8.69. The van der Waals surface area contributed by atoms with E-state index in [-0.39, 0.29) is 0 Å². The largest absolute Gasteiger partial charge is 0.310 e. The summed E-state index contributed by atoms with van der Waals surface area (Å²) in [6.07, 6.45) is 6.64. The number of hydrogen-bond acceptors (Lipinski definition) is 1. The molecule has 0 fully saturated rings. The van der Waals surface area contributed by atoms with E-state index >= 15 is 0 Å². The minimum atomic E-state index is 0.533. The second kappa shape index (κ2) is 8.31. The summed E-state index contributed by atoms with van der Waals surface area (Å²) in [4.78, 5) is 0. The zero-order valence-electron chi connectivity index (χ0n) is 12.6. The van der Waals surface area contributed by atoms with Crippen molar-refractivity contribution in [1.29, 1.82) is 0 Å². The van der Waals surface area contributed by atoms with Gasteiger partial charge in [0.05, 0.1) is 0 Å². The fourth-order valence-corrected chi connectivity index (χ4v) is 2.39. The third-order valence-electron chi connectivity index (χ3n) is 3.73. The van der Waals surface area contributed by atoms with E-state index in [4.69, 9.17) is 0 Å². The Kier molecular flexibility index (Phi) is 7.04. The Morgan fingerprint density at radius 3 is 2.39 bits per heavy atom. The Labute approximate surface area is 113 Å². The Balaban J connectivity index is 2.61. The van der Waals surface area contributed by atoms with E-state index in [1.165, 1.54) is 48.8 Å². The maximum atomic E-state index is 3.62. The van der Waals surface area contributed by atoms with Crippen LogP contribution in [0.2, 0.25) is 0 Å². The van der Waals surface area contributed by atoms with Crippen molar-refractivity contribution in [2.45, 2.75) is 65.8 Å². The molecule has 0 radical (unpaired) electrons. The summed E-state index contributed by atoms with van der Waals surface area (Å²) in [7, 11) is 0. The van der Waals surface area contributed by atoms with Crippen molar-refractivity contribution < 1.29 is 0 Å². The normalized spacial score (nSPS) is 12.7. The fourth-order valence-electron chi connectivity index (χ4n) is 2.39. The molecule has 1 rings (SSSR count). The van der Waals surface area contributed by atoms with Crippen molar-refractivity contribution in [2.75, 3.05) is 6.54 Å². The smallest absolute Gasteiger partial charge is 0.0320 e. The molecule has 0 bridgehead atoms. The summed E-state index contributed by atoms with van der Waals surface area (Å²) >= 11 is 0. The van der Waals surface area contributed by atoms with Crippen molar-refractivity contribution in [3.8, 4) is 0 Å². The number of aryl methyl sites for hydroxylation is 2. The molecule has 0 saturated carbocycles. The molecule has 0 amide bonds. The van der Waals surface area contributed by atoms with Crippen LogP contribution in [-0.4, -0.2) is 6.54 Å². The summed E-state index contributed by atoms with van der Waals surface area (Å²) < 4.78 is 0. The standard InChI is InChI=1S/C17H29N/c1-5-7-8-9-10-17(18-6-2)16-12-11-14(3)15(4)13-16/h11-13,17-18H,5-10H2,1-4H3. The van der Waals surface area contributed by atoms with Crippen molar-refractivity contribution in [3.63, 3.8) is 0 Å². The molecular weight excluding hydrogens is 218 g/mol. The Morgan fingerprint density at radius 1 is 1.00 bits per heavy atom. The average molecular weight is 247 g/mol. The molecule has 1 atom stereocenters. The lowest BCUT2D eigenvalue weighted by molar-refractivity contribution is 0.481. The van der Waals surface area contributed by atoms with Gasteiger partial charge in [-0.25, -0.2) is 0 Å². The molecule has 0 aliphatic rings. The molecule has 0 aliphatic carbocycles. The highest BCUT2D eigenvalue weighted by atomic mass is 14.9. The molecule has 1 N–H and O–H groups in total. The van der Waals surface area contributed by atoms with Gasteiger partial charge >= 0.3 is 0 Å². The zero-order valence-corrected chi connectivity index (χ0v) is 12.6. The van der Waals surface area contributed by atoms with E-state index in [1.54, 1.807) is 0 Å². The van der Waals surface area contributed by atoms with Crippen LogP contribution in [0.15, 0.2) is 18.2 Å². The second-order valence-corrected chi connectivity index (χ2v) is 5.30.